The van der Waals surface area contributed by atoms with Crippen molar-refractivity contribution < 1.29 is 4.42 Å². The van der Waals surface area contributed by atoms with Crippen LogP contribution in [-0.4, -0.2) is 12.3 Å². The lowest BCUT2D eigenvalue weighted by Crippen LogP contribution is -2.26. The maximum atomic E-state index is 6.48. The van der Waals surface area contributed by atoms with Crippen molar-refractivity contribution in [3.05, 3.63) is 133 Å². The Morgan fingerprint density at radius 2 is 1.43 bits per heavy atom. The van der Waals surface area contributed by atoms with E-state index in [1.165, 1.54) is 47.6 Å². The van der Waals surface area contributed by atoms with Crippen LogP contribution in [0, 0.1) is 0 Å². The molecule has 2 aliphatic rings. The lowest BCUT2D eigenvalue weighted by atomic mass is 9.88. The van der Waals surface area contributed by atoms with E-state index in [0.29, 0.717) is 0 Å². The molecule has 0 unspecified atom stereocenters. The van der Waals surface area contributed by atoms with Crippen molar-refractivity contribution in [1.82, 2.24) is 4.98 Å². The van der Waals surface area contributed by atoms with Gasteiger partial charge in [0, 0.05) is 28.7 Å². The van der Waals surface area contributed by atoms with Gasteiger partial charge in [0.25, 0.3) is 0 Å². The molecule has 4 heterocycles. The molecular weight excluding hydrogens is 605 g/mol. The van der Waals surface area contributed by atoms with E-state index >= 15 is 0 Å². The topological polar surface area (TPSA) is 41.6 Å². The van der Waals surface area contributed by atoms with Crippen molar-refractivity contribution in [2.45, 2.75) is 0 Å². The molecule has 7 aromatic rings. The van der Waals surface area contributed by atoms with Gasteiger partial charge in [-0.15, -0.1) is 0 Å². The van der Waals surface area contributed by atoms with Crippen molar-refractivity contribution in [2.24, 2.45) is 4.99 Å². The Hall–Kier alpha value is -4.62. The minimum absolute atomic E-state index is 0.721. The second kappa shape index (κ2) is 8.44. The Balaban J connectivity index is 1.40. The molecule has 2 aromatic heterocycles. The van der Waals surface area contributed by atoms with Crippen molar-refractivity contribution in [3.8, 4) is 11.1 Å². The van der Waals surface area contributed by atoms with E-state index in [1.54, 1.807) is 0 Å². The first-order valence-corrected chi connectivity index (χ1v) is 15.4. The summed E-state index contributed by atoms with van der Waals surface area (Å²) >= 11 is -0.721. The predicted octanol–water partition coefficient (Wildman–Crippen LogP) is 9.49. The molecule has 5 aromatic carbocycles. The van der Waals surface area contributed by atoms with Gasteiger partial charge in [0.2, 0.25) is 0 Å². The number of furan rings is 1. The molecule has 0 amide bonds. The zero-order chi connectivity index (χ0) is 26.2. The summed E-state index contributed by atoms with van der Waals surface area (Å²) < 4.78 is 8.79. The summed E-state index contributed by atoms with van der Waals surface area (Å²) in [5.41, 5.74) is 7.82. The monoisotopic (exact) mass is 625 g/mol. The predicted molar refractivity (Wildman–Crippen MR) is 174 cm³/mol. The van der Waals surface area contributed by atoms with Crippen molar-refractivity contribution in [2.75, 3.05) is 4.90 Å². The zero-order valence-electron chi connectivity index (χ0n) is 21.2. The number of benzene rings is 5. The molecule has 0 bridgehead atoms. The average molecular weight is 625 g/mol. The Morgan fingerprint density at radius 1 is 0.650 bits per heavy atom. The Labute approximate surface area is 240 Å². The Bertz CT molecular complexity index is 2220. The molecular formula is C35H20IN3O. The summed E-state index contributed by atoms with van der Waals surface area (Å²) in [5.74, 6) is 0.887. The number of amidine groups is 1. The molecule has 0 fully saturated rings. The SMILES string of the molecule is c1ccc2c3c(ccc2c1)N(C1=Nc2c(oc4ccccc24)C(c2ccncc2)=I1)c1cccc2cccc-3c12. The number of fused-ring (bicyclic) bond motifs is 7. The lowest BCUT2D eigenvalue weighted by molar-refractivity contribution is 0.608. The number of aliphatic imine (C=N–C) groups is 1. The number of pyridine rings is 1. The number of aromatic nitrogens is 1. The number of hydrogen-bond donors (Lipinski definition) is 0. The van der Waals surface area contributed by atoms with Gasteiger partial charge in [-0.2, -0.15) is 0 Å². The van der Waals surface area contributed by atoms with Crippen molar-refractivity contribution in [3.63, 3.8) is 0 Å². The maximum absolute atomic E-state index is 6.48. The molecule has 0 saturated carbocycles. The fraction of sp³-hybridized carbons (Fsp3) is 0. The molecule has 0 spiro atoms. The highest BCUT2D eigenvalue weighted by Gasteiger charge is 2.32. The molecule has 5 heteroatoms. The van der Waals surface area contributed by atoms with Crippen LogP contribution in [0.15, 0.2) is 131 Å². The number of para-hydroxylation sites is 1. The summed E-state index contributed by atoms with van der Waals surface area (Å²) in [6.07, 6.45) is 3.72. The largest absolute Gasteiger partial charge is 0.453 e. The second-order valence-corrected chi connectivity index (χ2v) is 12.6. The standard InChI is InChI=1S/C35H20IN3O/c1-2-10-24-21(7-1)15-16-28-31(24)26-12-5-8-22-9-6-13-27(30(22)26)39(28)35-36-32(23-17-19-37-20-18-23)34-33(38-35)25-11-3-4-14-29(25)40-34/h1-20H. The highest BCUT2D eigenvalue weighted by molar-refractivity contribution is 14.2. The third-order valence-electron chi connectivity index (χ3n) is 7.81. The summed E-state index contributed by atoms with van der Waals surface area (Å²) in [5, 5.41) is 6.05. The van der Waals surface area contributed by atoms with Crippen LogP contribution in [0.4, 0.5) is 17.1 Å². The Kier molecular flexibility index (Phi) is 4.69. The van der Waals surface area contributed by atoms with Crippen molar-refractivity contribution in [1.29, 1.82) is 0 Å². The van der Waals surface area contributed by atoms with Gasteiger partial charge in [0.15, 0.2) is 9.60 Å². The quantitative estimate of drug-likeness (QED) is 0.135. The van der Waals surface area contributed by atoms with E-state index in [-0.39, 0.29) is 0 Å². The van der Waals surface area contributed by atoms with Crippen molar-refractivity contribution >= 4 is 77.7 Å². The molecule has 0 aliphatic carbocycles. The first kappa shape index (κ1) is 22.2. The van der Waals surface area contributed by atoms with Gasteiger partial charge in [0.1, 0.15) is 11.3 Å². The molecule has 9 rings (SSSR count). The van der Waals surface area contributed by atoms with Crippen LogP contribution < -0.4 is 4.90 Å². The third-order valence-corrected chi connectivity index (χ3v) is 10.7. The summed E-state index contributed by atoms with van der Waals surface area (Å²) in [7, 11) is 0. The van der Waals surface area contributed by atoms with Gasteiger partial charge in [-0.05, 0) is 84.4 Å². The summed E-state index contributed by atoms with van der Waals surface area (Å²) in [6.45, 7) is 0. The molecule has 0 atom stereocenters. The summed E-state index contributed by atoms with van der Waals surface area (Å²) in [6, 6.07) is 38.9. The number of nitrogens with zero attached hydrogens (tertiary/aromatic N) is 3. The fourth-order valence-corrected chi connectivity index (χ4v) is 8.97. The molecule has 0 saturated heterocycles. The minimum Gasteiger partial charge on any atom is -0.453 e. The Morgan fingerprint density at radius 3 is 2.33 bits per heavy atom. The maximum Gasteiger partial charge on any atom is 0.172 e. The molecule has 2 aliphatic heterocycles. The van der Waals surface area contributed by atoms with Gasteiger partial charge in [-0.25, -0.2) is 4.99 Å². The van der Waals surface area contributed by atoms with E-state index in [4.69, 9.17) is 9.41 Å². The molecule has 188 valence electrons. The molecule has 4 nitrogen and oxygen atoms in total. The lowest BCUT2D eigenvalue weighted by Gasteiger charge is -2.34. The van der Waals surface area contributed by atoms with Crippen LogP contribution in [0.1, 0.15) is 11.3 Å². The zero-order valence-corrected chi connectivity index (χ0v) is 23.3. The van der Waals surface area contributed by atoms with E-state index in [2.05, 4.69) is 107 Å². The van der Waals surface area contributed by atoms with Gasteiger partial charge in [-0.1, -0.05) is 72.8 Å². The second-order valence-electron chi connectivity index (χ2n) is 10.00. The van der Waals surface area contributed by atoms with Crippen LogP contribution in [0.3, 0.4) is 0 Å². The van der Waals surface area contributed by atoms with Gasteiger partial charge in [0.05, 0.1) is 14.9 Å². The highest BCUT2D eigenvalue weighted by Crippen LogP contribution is 2.52. The van der Waals surface area contributed by atoms with Crippen LogP contribution in [0.5, 0.6) is 0 Å². The van der Waals surface area contributed by atoms with Gasteiger partial charge >= 0.3 is 0 Å². The normalized spacial score (nSPS) is 13.9. The van der Waals surface area contributed by atoms with E-state index in [9.17, 15) is 0 Å². The smallest absolute Gasteiger partial charge is 0.172 e. The fourth-order valence-electron chi connectivity index (χ4n) is 6.08. The third kappa shape index (κ3) is 3.09. The summed E-state index contributed by atoms with van der Waals surface area (Å²) in [4.78, 5) is 12.1. The number of rotatable bonds is 1. The van der Waals surface area contributed by atoms with Crippen LogP contribution in [0.25, 0.3) is 43.6 Å². The number of hydrogen-bond acceptors (Lipinski definition) is 4. The first-order chi connectivity index (χ1) is 19.8. The van der Waals surface area contributed by atoms with Gasteiger partial charge < -0.3 is 4.42 Å². The highest BCUT2D eigenvalue weighted by atomic mass is 127. The van der Waals surface area contributed by atoms with E-state index in [0.717, 1.165) is 31.8 Å². The van der Waals surface area contributed by atoms with E-state index in [1.807, 2.05) is 24.5 Å². The van der Waals surface area contributed by atoms with Crippen LogP contribution >= 0.6 is 20.7 Å². The van der Waals surface area contributed by atoms with Gasteiger partial charge in [-0.3, -0.25) is 9.88 Å². The van der Waals surface area contributed by atoms with Crippen LogP contribution in [-0.2, 0) is 0 Å². The number of anilines is 2. The average Bonchev–Trinajstić information content (AvgIpc) is 3.40. The molecule has 40 heavy (non-hydrogen) atoms. The molecule has 0 N–H and O–H groups in total. The number of halogens is 1. The van der Waals surface area contributed by atoms with E-state index < -0.39 is 20.7 Å². The minimum atomic E-state index is -0.721. The van der Waals surface area contributed by atoms with Crippen LogP contribution in [0.2, 0.25) is 0 Å². The molecule has 0 radical (unpaired) electrons. The first-order valence-electron chi connectivity index (χ1n) is 13.2.